The Labute approximate surface area is 152 Å². The summed E-state index contributed by atoms with van der Waals surface area (Å²) in [7, 11) is 0. The third kappa shape index (κ3) is 2.42. The number of para-hydroxylation sites is 1. The van der Waals surface area contributed by atoms with Crippen molar-refractivity contribution >= 4 is 16.9 Å². The normalized spacial score (nSPS) is 22.1. The van der Waals surface area contributed by atoms with Gasteiger partial charge in [-0.05, 0) is 49.1 Å². The Bertz CT molecular complexity index is 966. The second kappa shape index (κ2) is 5.95. The van der Waals surface area contributed by atoms with Crippen LogP contribution < -0.4 is 5.32 Å². The Morgan fingerprint density at radius 3 is 2.54 bits per heavy atom. The van der Waals surface area contributed by atoms with Crippen LogP contribution in [0.25, 0.3) is 16.7 Å². The van der Waals surface area contributed by atoms with Crippen molar-refractivity contribution in [1.82, 2.24) is 19.8 Å². The zero-order chi connectivity index (χ0) is 17.7. The summed E-state index contributed by atoms with van der Waals surface area (Å²) in [6, 6.07) is 16.1. The highest BCUT2D eigenvalue weighted by Crippen LogP contribution is 2.28. The Balaban J connectivity index is 1.48. The van der Waals surface area contributed by atoms with Crippen LogP contribution in [0.1, 0.15) is 16.2 Å². The predicted molar refractivity (Wildman–Crippen MR) is 102 cm³/mol. The van der Waals surface area contributed by atoms with Gasteiger partial charge in [-0.3, -0.25) is 9.36 Å². The SMILES string of the molecule is Cc1nc2cc(C(=O)N3C[C@H]4CNC[C@H]4C3)ccc2n1-c1ccccc1. The van der Waals surface area contributed by atoms with Crippen molar-refractivity contribution in [2.24, 2.45) is 11.8 Å². The number of hydrogen-bond acceptors (Lipinski definition) is 3. The van der Waals surface area contributed by atoms with E-state index < -0.39 is 0 Å². The van der Waals surface area contributed by atoms with Gasteiger partial charge in [-0.1, -0.05) is 18.2 Å². The van der Waals surface area contributed by atoms with E-state index in [2.05, 4.69) is 22.0 Å². The number of fused-ring (bicyclic) bond motifs is 2. The molecule has 2 fully saturated rings. The molecule has 3 heterocycles. The number of hydrogen-bond donors (Lipinski definition) is 1. The zero-order valence-corrected chi connectivity index (χ0v) is 14.9. The van der Waals surface area contributed by atoms with Gasteiger partial charge in [0.05, 0.1) is 11.0 Å². The monoisotopic (exact) mass is 346 g/mol. The molecule has 5 heteroatoms. The lowest BCUT2D eigenvalue weighted by atomic mass is 10.0. The van der Waals surface area contributed by atoms with Crippen molar-refractivity contribution < 1.29 is 4.79 Å². The molecule has 0 saturated carbocycles. The summed E-state index contributed by atoms with van der Waals surface area (Å²) in [4.78, 5) is 19.7. The van der Waals surface area contributed by atoms with Crippen molar-refractivity contribution in [2.45, 2.75) is 6.92 Å². The first kappa shape index (κ1) is 15.6. The first-order valence-electron chi connectivity index (χ1n) is 9.25. The van der Waals surface area contributed by atoms with E-state index >= 15 is 0 Å². The lowest BCUT2D eigenvalue weighted by molar-refractivity contribution is 0.0782. The zero-order valence-electron chi connectivity index (χ0n) is 14.9. The van der Waals surface area contributed by atoms with E-state index in [1.165, 1.54) is 0 Å². The van der Waals surface area contributed by atoms with Crippen LogP contribution in [-0.4, -0.2) is 46.5 Å². The molecule has 2 atom stereocenters. The molecule has 1 amide bonds. The summed E-state index contributed by atoms with van der Waals surface area (Å²) in [6.45, 7) is 5.81. The molecule has 0 radical (unpaired) electrons. The number of benzene rings is 2. The minimum Gasteiger partial charge on any atom is -0.338 e. The van der Waals surface area contributed by atoms with Gasteiger partial charge in [-0.2, -0.15) is 0 Å². The minimum atomic E-state index is 0.133. The Morgan fingerprint density at radius 1 is 1.08 bits per heavy atom. The van der Waals surface area contributed by atoms with E-state index in [0.717, 1.165) is 54.3 Å². The van der Waals surface area contributed by atoms with Crippen molar-refractivity contribution in [3.05, 3.63) is 59.9 Å². The number of aromatic nitrogens is 2. The lowest BCUT2D eigenvalue weighted by Crippen LogP contribution is -2.31. The van der Waals surface area contributed by atoms with Gasteiger partial charge in [0.1, 0.15) is 5.82 Å². The van der Waals surface area contributed by atoms with E-state index in [9.17, 15) is 4.79 Å². The van der Waals surface area contributed by atoms with Gasteiger partial charge in [0.25, 0.3) is 5.91 Å². The number of imidazole rings is 1. The highest BCUT2D eigenvalue weighted by atomic mass is 16.2. The smallest absolute Gasteiger partial charge is 0.253 e. The summed E-state index contributed by atoms with van der Waals surface area (Å²) in [5.74, 6) is 2.29. The Morgan fingerprint density at radius 2 is 1.81 bits per heavy atom. The molecule has 5 nitrogen and oxygen atoms in total. The maximum Gasteiger partial charge on any atom is 0.253 e. The molecule has 3 aromatic rings. The van der Waals surface area contributed by atoms with Crippen LogP contribution in [0.4, 0.5) is 0 Å². The van der Waals surface area contributed by atoms with E-state index in [4.69, 9.17) is 4.98 Å². The van der Waals surface area contributed by atoms with Crippen LogP contribution in [-0.2, 0) is 0 Å². The quantitative estimate of drug-likeness (QED) is 0.776. The number of carbonyl (C=O) groups is 1. The van der Waals surface area contributed by atoms with Gasteiger partial charge >= 0.3 is 0 Å². The van der Waals surface area contributed by atoms with Gasteiger partial charge in [0.2, 0.25) is 0 Å². The van der Waals surface area contributed by atoms with E-state index in [1.54, 1.807) is 0 Å². The van der Waals surface area contributed by atoms with E-state index in [1.807, 2.05) is 48.2 Å². The van der Waals surface area contributed by atoms with Gasteiger partial charge in [0.15, 0.2) is 0 Å². The second-order valence-corrected chi connectivity index (χ2v) is 7.42. The molecular weight excluding hydrogens is 324 g/mol. The fraction of sp³-hybridized carbons (Fsp3) is 0.333. The first-order chi connectivity index (χ1) is 12.7. The average Bonchev–Trinajstić information content (AvgIpc) is 3.33. The largest absolute Gasteiger partial charge is 0.338 e. The van der Waals surface area contributed by atoms with Gasteiger partial charge in [-0.25, -0.2) is 4.98 Å². The van der Waals surface area contributed by atoms with E-state index in [-0.39, 0.29) is 5.91 Å². The minimum absolute atomic E-state index is 0.133. The van der Waals surface area contributed by atoms with Crippen molar-refractivity contribution in [3.8, 4) is 5.69 Å². The molecule has 26 heavy (non-hydrogen) atoms. The highest BCUT2D eigenvalue weighted by Gasteiger charge is 2.38. The number of carbonyl (C=O) groups excluding carboxylic acids is 1. The maximum absolute atomic E-state index is 13.0. The van der Waals surface area contributed by atoms with Crippen LogP contribution in [0.5, 0.6) is 0 Å². The molecule has 0 aliphatic carbocycles. The number of nitrogens with one attached hydrogen (secondary N) is 1. The molecule has 0 spiro atoms. The molecule has 0 bridgehead atoms. The van der Waals surface area contributed by atoms with Crippen LogP contribution in [0, 0.1) is 18.8 Å². The number of likely N-dealkylation sites (tertiary alicyclic amines) is 1. The third-order valence-electron chi connectivity index (χ3n) is 5.76. The van der Waals surface area contributed by atoms with Crippen LogP contribution in [0.3, 0.4) is 0 Å². The maximum atomic E-state index is 13.0. The van der Waals surface area contributed by atoms with Gasteiger partial charge < -0.3 is 10.2 Å². The lowest BCUT2D eigenvalue weighted by Gasteiger charge is -2.17. The fourth-order valence-corrected chi connectivity index (χ4v) is 4.44. The third-order valence-corrected chi connectivity index (χ3v) is 5.76. The van der Waals surface area contributed by atoms with Gasteiger partial charge in [0, 0.05) is 37.4 Å². The summed E-state index contributed by atoms with van der Waals surface area (Å²) in [5.41, 5.74) is 3.74. The van der Waals surface area contributed by atoms with Crippen LogP contribution in [0.15, 0.2) is 48.5 Å². The topological polar surface area (TPSA) is 50.2 Å². The van der Waals surface area contributed by atoms with Crippen molar-refractivity contribution in [3.63, 3.8) is 0 Å². The number of nitrogens with zero attached hydrogens (tertiary/aromatic N) is 3. The molecule has 5 rings (SSSR count). The Kier molecular flexibility index (Phi) is 3.57. The molecule has 2 aliphatic heterocycles. The van der Waals surface area contributed by atoms with Crippen molar-refractivity contribution in [2.75, 3.05) is 26.2 Å². The summed E-state index contributed by atoms with van der Waals surface area (Å²) >= 11 is 0. The summed E-state index contributed by atoms with van der Waals surface area (Å²) < 4.78 is 2.13. The summed E-state index contributed by atoms with van der Waals surface area (Å²) in [5, 5.41) is 3.42. The fourth-order valence-electron chi connectivity index (χ4n) is 4.44. The molecule has 1 aromatic heterocycles. The standard InChI is InChI=1S/C21H22N4O/c1-14-23-19-9-15(21(26)24-12-16-10-22-11-17(16)13-24)7-8-20(19)25(14)18-5-3-2-4-6-18/h2-9,16-17,22H,10-13H2,1H3/t16-,17+. The number of aryl methyl sites for hydroxylation is 1. The highest BCUT2D eigenvalue weighted by molar-refractivity contribution is 5.97. The molecule has 132 valence electrons. The van der Waals surface area contributed by atoms with Crippen LogP contribution >= 0.6 is 0 Å². The molecule has 0 unspecified atom stereocenters. The number of rotatable bonds is 2. The predicted octanol–water partition coefficient (Wildman–Crippen LogP) is 2.63. The first-order valence-corrected chi connectivity index (χ1v) is 9.25. The molecule has 2 aromatic carbocycles. The molecule has 2 saturated heterocycles. The molecule has 2 aliphatic rings. The Hall–Kier alpha value is -2.66. The average molecular weight is 346 g/mol. The van der Waals surface area contributed by atoms with E-state index in [0.29, 0.717) is 11.8 Å². The van der Waals surface area contributed by atoms with Gasteiger partial charge in [-0.15, -0.1) is 0 Å². The number of amides is 1. The second-order valence-electron chi connectivity index (χ2n) is 7.42. The molecular formula is C21H22N4O. The van der Waals surface area contributed by atoms with Crippen LogP contribution in [0.2, 0.25) is 0 Å². The van der Waals surface area contributed by atoms with Crippen molar-refractivity contribution in [1.29, 1.82) is 0 Å². The summed E-state index contributed by atoms with van der Waals surface area (Å²) in [6.07, 6.45) is 0. The molecule has 1 N–H and O–H groups in total.